The smallest absolute Gasteiger partial charge is 0.391 e. The lowest BCUT2D eigenvalue weighted by Crippen LogP contribution is -2.55. The quantitative estimate of drug-likeness (QED) is 0.799. The number of rotatable bonds is 6. The molecule has 0 aliphatic rings. The zero-order valence-corrected chi connectivity index (χ0v) is 14.4. The molecular formula is C17H24F3NO3. The lowest BCUT2D eigenvalue weighted by molar-refractivity contribution is -0.179. The van der Waals surface area contributed by atoms with Crippen molar-refractivity contribution < 1.29 is 27.4 Å². The summed E-state index contributed by atoms with van der Waals surface area (Å²) in [6.45, 7) is 6.84. The van der Waals surface area contributed by atoms with Crippen molar-refractivity contribution in [2.45, 2.75) is 57.9 Å². The number of carbonyl (C=O) groups excluding carboxylic acids is 1. The van der Waals surface area contributed by atoms with E-state index in [2.05, 4.69) is 0 Å². The number of nitrogens with two attached hydrogens (primary N) is 1. The van der Waals surface area contributed by atoms with Crippen LogP contribution in [0, 0.1) is 0 Å². The molecule has 0 fully saturated rings. The monoisotopic (exact) mass is 347 g/mol. The van der Waals surface area contributed by atoms with Crippen LogP contribution in [0.1, 0.15) is 39.7 Å². The van der Waals surface area contributed by atoms with Crippen molar-refractivity contribution in [3.63, 3.8) is 0 Å². The molecule has 0 heterocycles. The number of halogens is 3. The second-order valence-electron chi connectivity index (χ2n) is 6.67. The molecule has 4 nitrogen and oxygen atoms in total. The second-order valence-corrected chi connectivity index (χ2v) is 6.67. The van der Waals surface area contributed by atoms with Gasteiger partial charge in [0.15, 0.2) is 0 Å². The summed E-state index contributed by atoms with van der Waals surface area (Å²) in [6.07, 6.45) is -6.42. The van der Waals surface area contributed by atoms with E-state index in [0.717, 1.165) is 0 Å². The summed E-state index contributed by atoms with van der Waals surface area (Å²) in [5.74, 6) is -0.681. The average Bonchev–Trinajstić information content (AvgIpc) is 2.37. The Balaban J connectivity index is 3.17. The van der Waals surface area contributed by atoms with E-state index in [1.807, 2.05) is 0 Å². The van der Waals surface area contributed by atoms with Gasteiger partial charge >= 0.3 is 12.1 Å². The standard InChI is InChI=1S/C17H24F3NO3/c1-5-23-13-9-7-6-8-12(13)10-16(21,11-17(18,19)20)14(22)24-15(2,3)4/h6-9H,5,10-11,21H2,1-4H3/t16-/m1/s1. The summed E-state index contributed by atoms with van der Waals surface area (Å²) in [7, 11) is 0. The van der Waals surface area contributed by atoms with E-state index in [4.69, 9.17) is 15.2 Å². The number of ether oxygens (including phenoxy) is 2. The number of esters is 1. The Morgan fingerprint density at radius 3 is 2.25 bits per heavy atom. The first-order valence-corrected chi connectivity index (χ1v) is 7.66. The maximum absolute atomic E-state index is 13.0. The van der Waals surface area contributed by atoms with Gasteiger partial charge < -0.3 is 15.2 Å². The molecule has 0 saturated carbocycles. The molecule has 0 unspecified atom stereocenters. The van der Waals surface area contributed by atoms with Crippen molar-refractivity contribution in [3.05, 3.63) is 29.8 Å². The van der Waals surface area contributed by atoms with Gasteiger partial charge in [0.05, 0.1) is 13.0 Å². The third kappa shape index (κ3) is 6.39. The fourth-order valence-corrected chi connectivity index (χ4v) is 2.23. The highest BCUT2D eigenvalue weighted by molar-refractivity contribution is 5.81. The van der Waals surface area contributed by atoms with Crippen molar-refractivity contribution in [1.29, 1.82) is 0 Å². The zero-order chi connectivity index (χ0) is 18.6. The van der Waals surface area contributed by atoms with Crippen molar-refractivity contribution in [3.8, 4) is 5.75 Å². The van der Waals surface area contributed by atoms with Gasteiger partial charge in [-0.05, 0) is 39.3 Å². The van der Waals surface area contributed by atoms with Crippen LogP contribution in [-0.2, 0) is 16.0 Å². The van der Waals surface area contributed by atoms with Gasteiger partial charge in [-0.25, -0.2) is 0 Å². The Morgan fingerprint density at radius 1 is 1.17 bits per heavy atom. The molecule has 0 aliphatic heterocycles. The molecule has 0 radical (unpaired) electrons. The highest BCUT2D eigenvalue weighted by Crippen LogP contribution is 2.32. The van der Waals surface area contributed by atoms with Crippen LogP contribution in [0.2, 0.25) is 0 Å². The van der Waals surface area contributed by atoms with E-state index < -0.39 is 29.7 Å². The molecule has 0 amide bonds. The first kappa shape index (κ1) is 20.3. The predicted molar refractivity (Wildman–Crippen MR) is 84.8 cm³/mol. The number of benzene rings is 1. The van der Waals surface area contributed by atoms with Crippen molar-refractivity contribution in [2.75, 3.05) is 6.61 Å². The summed E-state index contributed by atoms with van der Waals surface area (Å²) >= 11 is 0. The number of para-hydroxylation sites is 1. The van der Waals surface area contributed by atoms with Crippen molar-refractivity contribution in [2.24, 2.45) is 5.73 Å². The summed E-state index contributed by atoms with van der Waals surface area (Å²) in [6, 6.07) is 6.57. The number of hydrogen-bond acceptors (Lipinski definition) is 4. The molecule has 1 atom stereocenters. The van der Waals surface area contributed by atoms with Crippen LogP contribution in [0.15, 0.2) is 24.3 Å². The SMILES string of the molecule is CCOc1ccccc1C[C@@](N)(CC(F)(F)F)C(=O)OC(C)(C)C. The van der Waals surface area contributed by atoms with E-state index in [1.165, 1.54) is 0 Å². The molecule has 1 aromatic rings. The Hall–Kier alpha value is -1.76. The zero-order valence-electron chi connectivity index (χ0n) is 14.4. The second kappa shape index (κ2) is 7.42. The van der Waals surface area contributed by atoms with Gasteiger partial charge in [0.1, 0.15) is 16.9 Å². The van der Waals surface area contributed by atoms with E-state index in [9.17, 15) is 18.0 Å². The third-order valence-corrected chi connectivity index (χ3v) is 3.10. The van der Waals surface area contributed by atoms with Gasteiger partial charge in [-0.3, -0.25) is 4.79 Å². The van der Waals surface area contributed by atoms with E-state index >= 15 is 0 Å². The van der Waals surface area contributed by atoms with Crippen LogP contribution in [0.3, 0.4) is 0 Å². The maximum atomic E-state index is 13.0. The van der Waals surface area contributed by atoms with Crippen LogP contribution in [0.4, 0.5) is 13.2 Å². The van der Waals surface area contributed by atoms with Gasteiger partial charge in [0, 0.05) is 6.42 Å². The molecule has 1 rings (SSSR count). The highest BCUT2D eigenvalue weighted by atomic mass is 19.4. The molecule has 0 saturated heterocycles. The number of carbonyl (C=O) groups is 1. The number of alkyl halides is 3. The van der Waals surface area contributed by atoms with Crippen LogP contribution in [0.5, 0.6) is 5.75 Å². The summed E-state index contributed by atoms with van der Waals surface area (Å²) in [5, 5.41) is 0. The summed E-state index contributed by atoms with van der Waals surface area (Å²) < 4.78 is 49.5. The van der Waals surface area contributed by atoms with Gasteiger partial charge in [-0.2, -0.15) is 13.2 Å². The van der Waals surface area contributed by atoms with Crippen LogP contribution < -0.4 is 10.5 Å². The first-order chi connectivity index (χ1) is 10.9. The van der Waals surface area contributed by atoms with Crippen LogP contribution in [0.25, 0.3) is 0 Å². The topological polar surface area (TPSA) is 61.5 Å². The largest absolute Gasteiger partial charge is 0.494 e. The van der Waals surface area contributed by atoms with Gasteiger partial charge in [0.2, 0.25) is 0 Å². The summed E-state index contributed by atoms with van der Waals surface area (Å²) in [5.41, 5.74) is 3.15. The van der Waals surface area contributed by atoms with Crippen molar-refractivity contribution in [1.82, 2.24) is 0 Å². The lowest BCUT2D eigenvalue weighted by atomic mass is 9.87. The Labute approximate surface area is 140 Å². The Bertz CT molecular complexity index is 567. The Kier molecular flexibility index (Phi) is 6.27. The average molecular weight is 347 g/mol. The van der Waals surface area contributed by atoms with E-state index in [1.54, 1.807) is 52.0 Å². The Morgan fingerprint density at radius 2 is 1.75 bits per heavy atom. The summed E-state index contributed by atoms with van der Waals surface area (Å²) in [4.78, 5) is 12.3. The van der Waals surface area contributed by atoms with Gasteiger partial charge in [-0.1, -0.05) is 18.2 Å². The molecule has 136 valence electrons. The fourth-order valence-electron chi connectivity index (χ4n) is 2.23. The molecular weight excluding hydrogens is 323 g/mol. The van der Waals surface area contributed by atoms with Crippen LogP contribution in [-0.4, -0.2) is 29.9 Å². The fraction of sp³-hybridized carbons (Fsp3) is 0.588. The minimum absolute atomic E-state index is 0.336. The molecule has 0 spiro atoms. The molecule has 0 bridgehead atoms. The minimum Gasteiger partial charge on any atom is -0.494 e. The highest BCUT2D eigenvalue weighted by Gasteiger charge is 2.47. The van der Waals surface area contributed by atoms with E-state index in [0.29, 0.717) is 17.9 Å². The minimum atomic E-state index is -4.60. The maximum Gasteiger partial charge on any atom is 0.391 e. The molecule has 1 aromatic carbocycles. The van der Waals surface area contributed by atoms with E-state index in [-0.39, 0.29) is 6.42 Å². The molecule has 7 heteroatoms. The predicted octanol–water partition coefficient (Wildman–Crippen LogP) is 3.62. The third-order valence-electron chi connectivity index (χ3n) is 3.10. The van der Waals surface area contributed by atoms with Gasteiger partial charge in [-0.15, -0.1) is 0 Å². The molecule has 0 aromatic heterocycles. The molecule has 2 N–H and O–H groups in total. The van der Waals surface area contributed by atoms with Crippen molar-refractivity contribution >= 4 is 5.97 Å². The normalized spacial score (nSPS) is 14.8. The van der Waals surface area contributed by atoms with Crippen LogP contribution >= 0.6 is 0 Å². The first-order valence-electron chi connectivity index (χ1n) is 7.66. The lowest BCUT2D eigenvalue weighted by Gasteiger charge is -2.32. The number of hydrogen-bond donors (Lipinski definition) is 1. The van der Waals surface area contributed by atoms with Gasteiger partial charge in [0.25, 0.3) is 0 Å². The molecule has 0 aliphatic carbocycles. The molecule has 24 heavy (non-hydrogen) atoms.